The van der Waals surface area contributed by atoms with Crippen molar-refractivity contribution in [2.75, 3.05) is 26.7 Å². The number of aromatic nitrogens is 1. The van der Waals surface area contributed by atoms with Gasteiger partial charge in [-0.05, 0) is 54.5 Å². The zero-order valence-electron chi connectivity index (χ0n) is 15.9. The van der Waals surface area contributed by atoms with Crippen LogP contribution in [-0.2, 0) is 13.1 Å². The number of aryl methyl sites for hydroxylation is 1. The lowest BCUT2D eigenvalue weighted by Gasteiger charge is -2.36. The maximum Gasteiger partial charge on any atom is 0.121 e. The van der Waals surface area contributed by atoms with E-state index in [0.29, 0.717) is 6.04 Å². The highest BCUT2D eigenvalue weighted by atomic mass is 16.5. The van der Waals surface area contributed by atoms with Crippen LogP contribution < -0.4 is 4.74 Å². The summed E-state index contributed by atoms with van der Waals surface area (Å²) in [7, 11) is 1.74. The van der Waals surface area contributed by atoms with Crippen molar-refractivity contribution in [1.82, 2.24) is 14.8 Å². The lowest BCUT2D eigenvalue weighted by Crippen LogP contribution is -2.43. The maximum absolute atomic E-state index is 5.40. The number of pyridine rings is 1. The van der Waals surface area contributed by atoms with Gasteiger partial charge in [-0.2, -0.15) is 0 Å². The molecule has 0 N–H and O–H groups in total. The largest absolute Gasteiger partial charge is 0.496 e. The number of hydrogen-bond acceptors (Lipinski definition) is 4. The summed E-state index contributed by atoms with van der Waals surface area (Å²) in [6, 6.07) is 11.5. The number of nitrogens with zero attached hydrogens (tertiary/aromatic N) is 3. The predicted molar refractivity (Wildman–Crippen MR) is 104 cm³/mol. The van der Waals surface area contributed by atoms with Gasteiger partial charge in [-0.15, -0.1) is 0 Å². The Hall–Kier alpha value is -1.91. The van der Waals surface area contributed by atoms with E-state index in [1.165, 1.54) is 49.2 Å². The Balaban J connectivity index is 1.44. The van der Waals surface area contributed by atoms with Crippen molar-refractivity contribution in [2.24, 2.45) is 5.92 Å². The van der Waals surface area contributed by atoms with Crippen LogP contribution >= 0.6 is 0 Å². The van der Waals surface area contributed by atoms with Crippen LogP contribution in [0.15, 0.2) is 42.7 Å². The highest BCUT2D eigenvalue weighted by molar-refractivity contribution is 5.36. The topological polar surface area (TPSA) is 28.6 Å². The normalized spacial score (nSPS) is 23.8. The highest BCUT2D eigenvalue weighted by Gasteiger charge is 2.34. The summed E-state index contributed by atoms with van der Waals surface area (Å²) in [6.07, 6.45) is 6.55. The maximum atomic E-state index is 5.40. The second kappa shape index (κ2) is 7.77. The van der Waals surface area contributed by atoms with E-state index in [9.17, 15) is 0 Å². The van der Waals surface area contributed by atoms with Gasteiger partial charge < -0.3 is 4.74 Å². The molecule has 4 heteroatoms. The SMILES string of the molecule is COc1ccc(CN2C[C@H]3CC[C@@H]2CN(Cc2cccnc2)C3)cc1C. The monoisotopic (exact) mass is 351 g/mol. The molecule has 4 nitrogen and oxygen atoms in total. The van der Waals surface area contributed by atoms with Gasteiger partial charge in [0.2, 0.25) is 0 Å². The minimum atomic E-state index is 0.660. The van der Waals surface area contributed by atoms with Crippen molar-refractivity contribution < 1.29 is 4.74 Å². The molecule has 2 bridgehead atoms. The minimum absolute atomic E-state index is 0.660. The average molecular weight is 351 g/mol. The number of methoxy groups -OCH3 is 1. The number of benzene rings is 1. The molecule has 26 heavy (non-hydrogen) atoms. The van der Waals surface area contributed by atoms with Crippen molar-refractivity contribution in [3.8, 4) is 5.75 Å². The summed E-state index contributed by atoms with van der Waals surface area (Å²) in [5.41, 5.74) is 3.95. The van der Waals surface area contributed by atoms with E-state index < -0.39 is 0 Å². The first kappa shape index (κ1) is 17.5. The van der Waals surface area contributed by atoms with Gasteiger partial charge in [0.15, 0.2) is 0 Å². The van der Waals surface area contributed by atoms with Crippen LogP contribution in [0.2, 0.25) is 0 Å². The van der Waals surface area contributed by atoms with Crippen molar-refractivity contribution in [2.45, 2.75) is 38.9 Å². The van der Waals surface area contributed by atoms with E-state index >= 15 is 0 Å². The van der Waals surface area contributed by atoms with Crippen molar-refractivity contribution >= 4 is 0 Å². The Morgan fingerprint density at radius 2 is 2.00 bits per heavy atom. The highest BCUT2D eigenvalue weighted by Crippen LogP contribution is 2.30. The van der Waals surface area contributed by atoms with Crippen molar-refractivity contribution in [3.63, 3.8) is 0 Å². The zero-order chi connectivity index (χ0) is 17.9. The molecule has 3 fully saturated rings. The van der Waals surface area contributed by atoms with Crippen LogP contribution in [0.4, 0.5) is 0 Å². The minimum Gasteiger partial charge on any atom is -0.496 e. The number of piperidine rings is 1. The Kier molecular flexibility index (Phi) is 5.23. The van der Waals surface area contributed by atoms with E-state index in [1.807, 2.05) is 18.5 Å². The fourth-order valence-corrected chi connectivity index (χ4v) is 4.62. The molecule has 2 aromatic rings. The quantitative estimate of drug-likeness (QED) is 0.824. The van der Waals surface area contributed by atoms with Crippen LogP contribution in [0.3, 0.4) is 0 Å². The molecule has 0 spiro atoms. The van der Waals surface area contributed by atoms with Gasteiger partial charge in [-0.3, -0.25) is 14.8 Å². The molecule has 3 aliphatic heterocycles. The summed E-state index contributed by atoms with van der Waals surface area (Å²) >= 11 is 0. The molecule has 138 valence electrons. The Morgan fingerprint density at radius 3 is 2.77 bits per heavy atom. The Morgan fingerprint density at radius 1 is 1.08 bits per heavy atom. The number of ether oxygens (including phenoxy) is 1. The number of fused-ring (bicyclic) bond motifs is 4. The average Bonchev–Trinajstić information content (AvgIpc) is 2.93. The lowest BCUT2D eigenvalue weighted by atomic mass is 9.94. The third-order valence-corrected chi connectivity index (χ3v) is 5.88. The standard InChI is InChI=1S/C22H29N3O/c1-17-10-18(6-8-22(17)26-2)14-25-15-20-5-7-21(25)16-24(13-20)12-19-4-3-9-23-11-19/h3-4,6,8-11,20-21H,5,7,12-16H2,1-2H3/t20-,21+/m0/s1. The predicted octanol–water partition coefficient (Wildman–Crippen LogP) is 3.50. The zero-order valence-corrected chi connectivity index (χ0v) is 15.9. The molecular weight excluding hydrogens is 322 g/mol. The molecule has 1 aromatic carbocycles. The van der Waals surface area contributed by atoms with E-state index in [-0.39, 0.29) is 0 Å². The van der Waals surface area contributed by atoms with Crippen LogP contribution in [0.25, 0.3) is 0 Å². The number of hydrogen-bond donors (Lipinski definition) is 0. The van der Waals surface area contributed by atoms with Gasteiger partial charge in [0.1, 0.15) is 5.75 Å². The van der Waals surface area contributed by atoms with Gasteiger partial charge >= 0.3 is 0 Å². The molecule has 0 saturated carbocycles. The van der Waals surface area contributed by atoms with E-state index in [2.05, 4.69) is 46.0 Å². The first-order valence-electron chi connectivity index (χ1n) is 9.70. The second-order valence-corrected chi connectivity index (χ2v) is 7.89. The molecule has 0 unspecified atom stereocenters. The third-order valence-electron chi connectivity index (χ3n) is 5.88. The molecule has 3 aliphatic rings. The fraction of sp³-hybridized carbons (Fsp3) is 0.500. The molecular formula is C22H29N3O. The van der Waals surface area contributed by atoms with E-state index in [1.54, 1.807) is 7.11 Å². The van der Waals surface area contributed by atoms with Crippen LogP contribution in [-0.4, -0.2) is 47.6 Å². The number of rotatable bonds is 5. The lowest BCUT2D eigenvalue weighted by molar-refractivity contribution is 0.123. The molecule has 1 aromatic heterocycles. The Bertz CT molecular complexity index is 733. The van der Waals surface area contributed by atoms with Crippen LogP contribution in [0.5, 0.6) is 5.75 Å². The molecule has 5 rings (SSSR count). The first-order chi connectivity index (χ1) is 12.7. The summed E-state index contributed by atoms with van der Waals surface area (Å²) in [4.78, 5) is 9.62. The van der Waals surface area contributed by atoms with Gasteiger partial charge in [-0.1, -0.05) is 18.2 Å². The smallest absolute Gasteiger partial charge is 0.121 e. The Labute approximate surface area is 156 Å². The molecule has 3 saturated heterocycles. The first-order valence-corrected chi connectivity index (χ1v) is 9.70. The van der Waals surface area contributed by atoms with Crippen molar-refractivity contribution in [3.05, 3.63) is 59.4 Å². The molecule has 0 amide bonds. The van der Waals surface area contributed by atoms with E-state index in [4.69, 9.17) is 4.74 Å². The second-order valence-electron chi connectivity index (χ2n) is 7.89. The molecule has 0 aliphatic carbocycles. The fourth-order valence-electron chi connectivity index (χ4n) is 4.62. The van der Waals surface area contributed by atoms with E-state index in [0.717, 1.165) is 24.8 Å². The van der Waals surface area contributed by atoms with Crippen LogP contribution in [0, 0.1) is 12.8 Å². The van der Waals surface area contributed by atoms with Gasteiger partial charge in [0, 0.05) is 51.2 Å². The van der Waals surface area contributed by atoms with Gasteiger partial charge in [-0.25, -0.2) is 0 Å². The summed E-state index contributed by atoms with van der Waals surface area (Å²) in [5.74, 6) is 1.76. The summed E-state index contributed by atoms with van der Waals surface area (Å²) in [6.45, 7) is 7.80. The van der Waals surface area contributed by atoms with Crippen molar-refractivity contribution in [1.29, 1.82) is 0 Å². The summed E-state index contributed by atoms with van der Waals surface area (Å²) < 4.78 is 5.40. The van der Waals surface area contributed by atoms with Gasteiger partial charge in [0.25, 0.3) is 0 Å². The third kappa shape index (κ3) is 3.92. The van der Waals surface area contributed by atoms with Crippen LogP contribution in [0.1, 0.15) is 29.5 Å². The summed E-state index contributed by atoms with van der Waals surface area (Å²) in [5, 5.41) is 0. The molecule has 0 radical (unpaired) electrons. The molecule has 2 atom stereocenters. The molecule has 4 heterocycles. The van der Waals surface area contributed by atoms with Gasteiger partial charge in [0.05, 0.1) is 7.11 Å².